The van der Waals surface area contributed by atoms with Crippen LogP contribution in [0.15, 0.2) is 0 Å². The van der Waals surface area contributed by atoms with Crippen molar-refractivity contribution in [1.29, 1.82) is 0 Å². The molecule has 0 aliphatic heterocycles. The van der Waals surface area contributed by atoms with Gasteiger partial charge in [0, 0.05) is 12.8 Å². The van der Waals surface area contributed by atoms with Gasteiger partial charge in [-0.1, -0.05) is 6.92 Å². The van der Waals surface area contributed by atoms with Gasteiger partial charge >= 0.3 is 12.3 Å². The molecule has 0 aromatic rings. The van der Waals surface area contributed by atoms with Gasteiger partial charge in [-0.3, -0.25) is 14.3 Å². The zero-order valence-electron chi connectivity index (χ0n) is 8.50. The van der Waals surface area contributed by atoms with Gasteiger partial charge in [0.05, 0.1) is 6.61 Å². The molecule has 16 heavy (non-hydrogen) atoms. The minimum absolute atomic E-state index is 0.00174. The number of rotatable bonds is 6. The number of ketones is 1. The zero-order chi connectivity index (χ0) is 13.0. The highest BCUT2D eigenvalue weighted by Gasteiger charge is 2.41. The van der Waals surface area contributed by atoms with Crippen LogP contribution in [0.1, 0.15) is 19.8 Å². The topological polar surface area (TPSA) is 89.6 Å². The van der Waals surface area contributed by atoms with Crippen molar-refractivity contribution in [3.05, 3.63) is 0 Å². The Morgan fingerprint density at radius 3 is 2.19 bits per heavy atom. The van der Waals surface area contributed by atoms with Crippen molar-refractivity contribution in [2.75, 3.05) is 6.61 Å². The van der Waals surface area contributed by atoms with E-state index in [1.54, 1.807) is 0 Å². The van der Waals surface area contributed by atoms with Gasteiger partial charge in [0.15, 0.2) is 0 Å². The van der Waals surface area contributed by atoms with Crippen molar-refractivity contribution in [3.63, 3.8) is 0 Å². The first-order valence-electron chi connectivity index (χ1n) is 4.35. The average Bonchev–Trinajstić information content (AvgIpc) is 2.13. The van der Waals surface area contributed by atoms with Crippen molar-refractivity contribution in [2.24, 2.45) is 5.73 Å². The van der Waals surface area contributed by atoms with E-state index < -0.39 is 36.7 Å². The van der Waals surface area contributed by atoms with Crippen LogP contribution < -0.4 is 5.73 Å². The fourth-order valence-corrected chi connectivity index (χ4v) is 0.876. The molecule has 8 heteroatoms. The number of ether oxygens (including phenoxy) is 1. The Hall–Kier alpha value is -1.15. The minimum Gasteiger partial charge on any atom is -0.480 e. The number of hydrogen-bond donors (Lipinski definition) is 2. The third-order valence-electron chi connectivity index (χ3n) is 1.83. The number of hydrogen-bond acceptors (Lipinski definition) is 4. The number of nitrogens with two attached hydrogens (primary N) is 1. The van der Waals surface area contributed by atoms with Crippen LogP contribution in [0.3, 0.4) is 0 Å². The second-order valence-corrected chi connectivity index (χ2v) is 3.26. The molecule has 0 amide bonds. The molecule has 0 rings (SSSR count). The molecule has 0 aromatic heterocycles. The molecule has 0 aromatic carbocycles. The number of alkyl halides is 3. The number of carboxylic acids is 1. The van der Waals surface area contributed by atoms with Gasteiger partial charge in [-0.15, -0.1) is 13.2 Å². The molecule has 94 valence electrons. The summed E-state index contributed by atoms with van der Waals surface area (Å²) in [4.78, 5) is 21.6. The number of Topliss-reactive ketones (excluding diaryl/α,β-unsaturated/α-hetero) is 1. The number of carbonyl (C=O) groups excluding carboxylic acids is 1. The van der Waals surface area contributed by atoms with Crippen molar-refractivity contribution in [1.82, 2.24) is 0 Å². The Bertz CT molecular complexity index is 279. The molecule has 1 atom stereocenters. The van der Waals surface area contributed by atoms with E-state index in [-0.39, 0.29) is 6.42 Å². The van der Waals surface area contributed by atoms with Crippen LogP contribution in [-0.4, -0.2) is 35.4 Å². The predicted octanol–water partition coefficient (Wildman–Crippen LogP) is 0.674. The maximum Gasteiger partial charge on any atom is 0.522 e. The number of halogens is 3. The summed E-state index contributed by atoms with van der Waals surface area (Å²) >= 11 is 0. The predicted molar refractivity (Wildman–Crippen MR) is 46.5 cm³/mol. The summed E-state index contributed by atoms with van der Waals surface area (Å²) in [5.74, 6) is -2.26. The summed E-state index contributed by atoms with van der Waals surface area (Å²) in [5.41, 5.74) is 2.83. The van der Waals surface area contributed by atoms with E-state index in [4.69, 9.17) is 10.8 Å². The lowest BCUT2D eigenvalue weighted by atomic mass is 9.94. The molecule has 0 spiro atoms. The second kappa shape index (κ2) is 5.26. The largest absolute Gasteiger partial charge is 0.522 e. The fraction of sp³-hybridized carbons (Fsp3) is 0.750. The van der Waals surface area contributed by atoms with Gasteiger partial charge in [-0.25, -0.2) is 0 Å². The summed E-state index contributed by atoms with van der Waals surface area (Å²) in [6.45, 7) is 0.160. The molecule has 0 aliphatic carbocycles. The van der Waals surface area contributed by atoms with Gasteiger partial charge < -0.3 is 10.8 Å². The SMILES string of the molecule is CCC(=O)CC(N)(COC(F)(F)F)C(=O)O. The van der Waals surface area contributed by atoms with E-state index in [1.807, 2.05) is 0 Å². The average molecular weight is 243 g/mol. The normalized spacial score (nSPS) is 15.6. The third kappa shape index (κ3) is 5.08. The molecule has 1 unspecified atom stereocenters. The lowest BCUT2D eigenvalue weighted by Gasteiger charge is -2.24. The molecule has 0 fully saturated rings. The monoisotopic (exact) mass is 243 g/mol. The fourth-order valence-electron chi connectivity index (χ4n) is 0.876. The second-order valence-electron chi connectivity index (χ2n) is 3.26. The van der Waals surface area contributed by atoms with E-state index in [0.717, 1.165) is 0 Å². The molecule has 0 saturated carbocycles. The zero-order valence-corrected chi connectivity index (χ0v) is 8.50. The van der Waals surface area contributed by atoms with E-state index >= 15 is 0 Å². The molecule has 0 aliphatic rings. The van der Waals surface area contributed by atoms with Crippen molar-refractivity contribution >= 4 is 11.8 Å². The van der Waals surface area contributed by atoms with Crippen LogP contribution in [0, 0.1) is 0 Å². The number of aliphatic carboxylic acids is 1. The Kier molecular flexibility index (Phi) is 4.88. The van der Waals surface area contributed by atoms with E-state index in [1.165, 1.54) is 6.92 Å². The molecular weight excluding hydrogens is 231 g/mol. The van der Waals surface area contributed by atoms with Gasteiger partial charge in [0.1, 0.15) is 11.3 Å². The van der Waals surface area contributed by atoms with Crippen LogP contribution in [0.2, 0.25) is 0 Å². The van der Waals surface area contributed by atoms with Crippen LogP contribution in [0.4, 0.5) is 13.2 Å². The minimum atomic E-state index is -4.98. The molecule has 0 bridgehead atoms. The highest BCUT2D eigenvalue weighted by Crippen LogP contribution is 2.20. The third-order valence-corrected chi connectivity index (χ3v) is 1.83. The first-order valence-corrected chi connectivity index (χ1v) is 4.35. The van der Waals surface area contributed by atoms with E-state index in [2.05, 4.69) is 4.74 Å². The lowest BCUT2D eigenvalue weighted by Crippen LogP contribution is -2.54. The van der Waals surface area contributed by atoms with Crippen LogP contribution in [0.25, 0.3) is 0 Å². The van der Waals surface area contributed by atoms with E-state index in [0.29, 0.717) is 0 Å². The van der Waals surface area contributed by atoms with E-state index in [9.17, 15) is 22.8 Å². The van der Waals surface area contributed by atoms with Gasteiger partial charge in [-0.2, -0.15) is 0 Å². The first kappa shape index (κ1) is 14.8. The quantitative estimate of drug-likeness (QED) is 0.715. The van der Waals surface area contributed by atoms with Crippen LogP contribution in [0.5, 0.6) is 0 Å². The molecule has 3 N–H and O–H groups in total. The Labute approximate surface area is 89.4 Å². The van der Waals surface area contributed by atoms with Crippen molar-refractivity contribution in [3.8, 4) is 0 Å². The summed E-state index contributed by atoms with van der Waals surface area (Å²) in [7, 11) is 0. The number of carbonyl (C=O) groups is 2. The maximum absolute atomic E-state index is 11.7. The van der Waals surface area contributed by atoms with Gasteiger partial charge in [-0.05, 0) is 0 Å². The van der Waals surface area contributed by atoms with Gasteiger partial charge in [0.25, 0.3) is 0 Å². The summed E-state index contributed by atoms with van der Waals surface area (Å²) < 4.78 is 38.5. The summed E-state index contributed by atoms with van der Waals surface area (Å²) in [5, 5.41) is 8.65. The van der Waals surface area contributed by atoms with Crippen LogP contribution in [-0.2, 0) is 14.3 Å². The molecular formula is C8H12F3NO4. The van der Waals surface area contributed by atoms with Crippen molar-refractivity contribution < 1.29 is 32.6 Å². The Morgan fingerprint density at radius 1 is 1.38 bits per heavy atom. The molecule has 0 radical (unpaired) electrons. The lowest BCUT2D eigenvalue weighted by molar-refractivity contribution is -0.328. The van der Waals surface area contributed by atoms with Crippen LogP contribution >= 0.6 is 0 Å². The molecule has 5 nitrogen and oxygen atoms in total. The Morgan fingerprint density at radius 2 is 1.88 bits per heavy atom. The molecule has 0 saturated heterocycles. The standard InChI is InChI=1S/C8H12F3NO4/c1-2-5(13)3-7(12,6(14)15)4-16-8(9,10)11/h2-4,12H2,1H3,(H,14,15). The van der Waals surface area contributed by atoms with Crippen molar-refractivity contribution in [2.45, 2.75) is 31.7 Å². The summed E-state index contributed by atoms with van der Waals surface area (Å²) in [6.07, 6.45) is -5.68. The molecule has 0 heterocycles. The Balaban J connectivity index is 4.58. The number of carboxylic acid groups (broad SMARTS) is 1. The highest BCUT2D eigenvalue weighted by molar-refractivity contribution is 5.88. The smallest absolute Gasteiger partial charge is 0.480 e. The summed E-state index contributed by atoms with van der Waals surface area (Å²) in [6, 6.07) is 0. The maximum atomic E-state index is 11.7. The highest BCUT2D eigenvalue weighted by atomic mass is 19.4. The first-order chi connectivity index (χ1) is 7.10. The van der Waals surface area contributed by atoms with Gasteiger partial charge in [0.2, 0.25) is 0 Å².